The molecule has 0 atom stereocenters. The first-order valence-electron chi connectivity index (χ1n) is 8.68. The van der Waals surface area contributed by atoms with Gasteiger partial charge >= 0.3 is 0 Å². The van der Waals surface area contributed by atoms with Gasteiger partial charge in [-0.05, 0) is 58.1 Å². The van der Waals surface area contributed by atoms with Crippen molar-refractivity contribution < 1.29 is 4.74 Å². The zero-order chi connectivity index (χ0) is 18.1. The van der Waals surface area contributed by atoms with Crippen molar-refractivity contribution in [2.45, 2.75) is 19.8 Å². The molecular formula is C19H29N5O. The maximum Gasteiger partial charge on any atom is 0.131 e. The summed E-state index contributed by atoms with van der Waals surface area (Å²) in [6, 6.07) is 10.1. The maximum absolute atomic E-state index is 5.18. The van der Waals surface area contributed by atoms with Crippen LogP contribution in [0.5, 0.6) is 5.75 Å². The third-order valence-electron chi connectivity index (χ3n) is 3.81. The number of nitrogens with one attached hydrogen (secondary N) is 2. The largest absolute Gasteiger partial charge is 0.497 e. The fourth-order valence-corrected chi connectivity index (χ4v) is 2.49. The number of hydrogen-bond acceptors (Lipinski definition) is 6. The minimum absolute atomic E-state index is 0.768. The number of nitrogens with zero attached hydrogens (tertiary/aromatic N) is 3. The Labute approximate surface area is 150 Å². The summed E-state index contributed by atoms with van der Waals surface area (Å²) in [4.78, 5) is 11.1. The fraction of sp³-hybridized carbons (Fsp3) is 0.474. The Morgan fingerprint density at radius 3 is 2.24 bits per heavy atom. The van der Waals surface area contributed by atoms with Crippen LogP contribution < -0.4 is 15.4 Å². The predicted octanol–water partition coefficient (Wildman–Crippen LogP) is 2.81. The van der Waals surface area contributed by atoms with Gasteiger partial charge in [0, 0.05) is 19.2 Å². The van der Waals surface area contributed by atoms with Gasteiger partial charge in [-0.1, -0.05) is 12.1 Å². The van der Waals surface area contributed by atoms with Crippen LogP contribution in [0.15, 0.2) is 30.3 Å². The van der Waals surface area contributed by atoms with E-state index in [2.05, 4.69) is 51.7 Å². The van der Waals surface area contributed by atoms with Gasteiger partial charge in [0.05, 0.1) is 7.11 Å². The molecule has 6 nitrogen and oxygen atoms in total. The maximum atomic E-state index is 5.18. The third kappa shape index (κ3) is 6.97. The summed E-state index contributed by atoms with van der Waals surface area (Å²) in [6.07, 6.45) is 2.01. The quantitative estimate of drug-likeness (QED) is 0.647. The smallest absolute Gasteiger partial charge is 0.131 e. The summed E-state index contributed by atoms with van der Waals surface area (Å²) >= 11 is 0. The van der Waals surface area contributed by atoms with Crippen molar-refractivity contribution in [2.75, 3.05) is 51.5 Å². The Hall–Kier alpha value is -2.34. The van der Waals surface area contributed by atoms with Gasteiger partial charge in [0.15, 0.2) is 0 Å². The molecule has 2 rings (SSSR count). The molecule has 2 aromatic rings. The van der Waals surface area contributed by atoms with Gasteiger partial charge in [0.2, 0.25) is 0 Å². The van der Waals surface area contributed by atoms with Crippen molar-refractivity contribution in [2.24, 2.45) is 0 Å². The highest BCUT2D eigenvalue weighted by molar-refractivity contribution is 5.47. The first kappa shape index (κ1) is 19.0. The second-order valence-electron chi connectivity index (χ2n) is 6.29. The lowest BCUT2D eigenvalue weighted by Crippen LogP contribution is -2.17. The molecule has 0 saturated heterocycles. The third-order valence-corrected chi connectivity index (χ3v) is 3.81. The van der Waals surface area contributed by atoms with Gasteiger partial charge < -0.3 is 20.3 Å². The molecule has 0 spiro atoms. The number of rotatable bonds is 10. The van der Waals surface area contributed by atoms with Gasteiger partial charge in [-0.3, -0.25) is 0 Å². The lowest BCUT2D eigenvalue weighted by Gasteiger charge is -2.12. The van der Waals surface area contributed by atoms with Crippen LogP contribution in [-0.4, -0.2) is 55.7 Å². The van der Waals surface area contributed by atoms with Crippen molar-refractivity contribution in [1.82, 2.24) is 14.9 Å². The minimum atomic E-state index is 0.768. The monoisotopic (exact) mass is 343 g/mol. The molecule has 136 valence electrons. The van der Waals surface area contributed by atoms with Crippen molar-refractivity contribution in [3.05, 3.63) is 41.7 Å². The summed E-state index contributed by atoms with van der Waals surface area (Å²) in [5, 5.41) is 6.75. The van der Waals surface area contributed by atoms with Crippen LogP contribution in [0.3, 0.4) is 0 Å². The Balaban J connectivity index is 1.82. The molecule has 0 amide bonds. The molecule has 0 unspecified atom stereocenters. The molecule has 1 aromatic carbocycles. The van der Waals surface area contributed by atoms with Gasteiger partial charge in [0.1, 0.15) is 23.2 Å². The fourth-order valence-electron chi connectivity index (χ4n) is 2.49. The average molecular weight is 343 g/mol. The number of methoxy groups -OCH3 is 1. The van der Waals surface area contributed by atoms with Gasteiger partial charge in [-0.15, -0.1) is 0 Å². The van der Waals surface area contributed by atoms with Crippen molar-refractivity contribution >= 4 is 11.6 Å². The van der Waals surface area contributed by atoms with Crippen molar-refractivity contribution in [1.29, 1.82) is 0 Å². The summed E-state index contributed by atoms with van der Waals surface area (Å²) in [6.45, 7) is 4.70. The molecule has 0 radical (unpaired) electrons. The Bertz CT molecular complexity index is 643. The Morgan fingerprint density at radius 2 is 1.64 bits per heavy atom. The van der Waals surface area contributed by atoms with Crippen LogP contribution >= 0.6 is 0 Å². The molecule has 25 heavy (non-hydrogen) atoms. The highest BCUT2D eigenvalue weighted by Crippen LogP contribution is 2.13. The van der Waals surface area contributed by atoms with E-state index in [4.69, 9.17) is 4.74 Å². The summed E-state index contributed by atoms with van der Waals surface area (Å²) in [5.41, 5.74) is 1.26. The zero-order valence-corrected chi connectivity index (χ0v) is 15.7. The predicted molar refractivity (Wildman–Crippen MR) is 104 cm³/mol. The Morgan fingerprint density at radius 1 is 1.00 bits per heavy atom. The first-order chi connectivity index (χ1) is 12.1. The minimum Gasteiger partial charge on any atom is -0.497 e. The van der Waals surface area contributed by atoms with Gasteiger partial charge in [-0.25, -0.2) is 9.97 Å². The molecule has 1 aromatic heterocycles. The van der Waals surface area contributed by atoms with Crippen LogP contribution in [-0.2, 0) is 6.42 Å². The number of anilines is 2. The topological polar surface area (TPSA) is 62.3 Å². The molecule has 0 bridgehead atoms. The number of aryl methyl sites for hydroxylation is 1. The SMILES string of the molecule is COc1ccc(CCNc2cc(NCCCN(C)C)nc(C)n2)cc1. The molecule has 1 heterocycles. The summed E-state index contributed by atoms with van der Waals surface area (Å²) in [5.74, 6) is 3.38. The number of hydrogen-bond donors (Lipinski definition) is 2. The zero-order valence-electron chi connectivity index (χ0n) is 15.7. The number of aromatic nitrogens is 2. The van der Waals surface area contributed by atoms with E-state index < -0.39 is 0 Å². The average Bonchev–Trinajstić information content (AvgIpc) is 2.59. The van der Waals surface area contributed by atoms with Crippen molar-refractivity contribution in [3.63, 3.8) is 0 Å². The lowest BCUT2D eigenvalue weighted by atomic mass is 10.1. The van der Waals surface area contributed by atoms with E-state index in [9.17, 15) is 0 Å². The molecular weight excluding hydrogens is 314 g/mol. The number of benzene rings is 1. The molecule has 0 fully saturated rings. The highest BCUT2D eigenvalue weighted by Gasteiger charge is 2.02. The Kier molecular flexibility index (Phi) is 7.47. The summed E-state index contributed by atoms with van der Waals surface area (Å²) < 4.78 is 5.18. The molecule has 0 saturated carbocycles. The lowest BCUT2D eigenvalue weighted by molar-refractivity contribution is 0.405. The van der Waals surface area contributed by atoms with E-state index >= 15 is 0 Å². The summed E-state index contributed by atoms with van der Waals surface area (Å²) in [7, 11) is 5.85. The standard InChI is InChI=1S/C19H29N5O/c1-15-22-18(20-11-5-13-24(2)3)14-19(23-15)21-12-10-16-6-8-17(25-4)9-7-16/h6-9,14H,5,10-13H2,1-4H3,(H2,20,21,22,23). The van der Waals surface area contributed by atoms with Crippen LogP contribution in [0.2, 0.25) is 0 Å². The first-order valence-corrected chi connectivity index (χ1v) is 8.68. The van der Waals surface area contributed by atoms with E-state index in [-0.39, 0.29) is 0 Å². The van der Waals surface area contributed by atoms with E-state index in [1.807, 2.05) is 25.1 Å². The molecule has 0 aliphatic rings. The molecule has 2 N–H and O–H groups in total. The van der Waals surface area contributed by atoms with Crippen LogP contribution in [0.1, 0.15) is 17.8 Å². The second-order valence-corrected chi connectivity index (χ2v) is 6.29. The highest BCUT2D eigenvalue weighted by atomic mass is 16.5. The van der Waals surface area contributed by atoms with Gasteiger partial charge in [0.25, 0.3) is 0 Å². The number of ether oxygens (including phenoxy) is 1. The molecule has 6 heteroatoms. The van der Waals surface area contributed by atoms with E-state index in [1.54, 1.807) is 7.11 Å². The van der Waals surface area contributed by atoms with E-state index in [0.717, 1.165) is 55.7 Å². The normalized spacial score (nSPS) is 10.8. The van der Waals surface area contributed by atoms with Gasteiger partial charge in [-0.2, -0.15) is 0 Å². The van der Waals surface area contributed by atoms with E-state index in [1.165, 1.54) is 5.56 Å². The molecule has 0 aliphatic heterocycles. The second kappa shape index (κ2) is 9.84. The van der Waals surface area contributed by atoms with Crippen molar-refractivity contribution in [3.8, 4) is 5.75 Å². The van der Waals surface area contributed by atoms with Crippen LogP contribution in [0.25, 0.3) is 0 Å². The van der Waals surface area contributed by atoms with E-state index in [0.29, 0.717) is 0 Å². The molecule has 0 aliphatic carbocycles. The van der Waals surface area contributed by atoms with Crippen LogP contribution in [0.4, 0.5) is 11.6 Å². The van der Waals surface area contributed by atoms with Crippen LogP contribution in [0, 0.1) is 6.92 Å².